The highest BCUT2D eigenvalue weighted by atomic mass is 32.2. The van der Waals surface area contributed by atoms with Gasteiger partial charge in [0.25, 0.3) is 0 Å². The first-order valence-corrected chi connectivity index (χ1v) is 12.0. The standard InChI is InChI=1S/C21H25F3N4O5S/c22-11-6-10(7-12(23)16(11)24)13-8-28(26-25-13)17-18(30)14(9-29)33-20(19(17)31)34-15-2-3-21(15,32)27-4-1-5-27/h6-8,14-15,17-20,29-32H,1-5,9H2/t14-,15?,17+,18+,19-,20+,21+/m1/s1. The van der Waals surface area contributed by atoms with Gasteiger partial charge >= 0.3 is 0 Å². The van der Waals surface area contributed by atoms with Crippen LogP contribution in [-0.4, -0.2) is 94.7 Å². The minimum Gasteiger partial charge on any atom is -0.394 e. The number of aromatic nitrogens is 3. The number of benzene rings is 1. The van der Waals surface area contributed by atoms with E-state index in [1.165, 1.54) is 18.0 Å². The van der Waals surface area contributed by atoms with Crippen molar-refractivity contribution in [2.24, 2.45) is 0 Å². The van der Waals surface area contributed by atoms with Gasteiger partial charge in [0.1, 0.15) is 41.2 Å². The Morgan fingerprint density at radius 2 is 1.85 bits per heavy atom. The fourth-order valence-corrected chi connectivity index (χ4v) is 6.27. The molecule has 1 aliphatic carbocycles. The van der Waals surface area contributed by atoms with E-state index >= 15 is 0 Å². The molecule has 0 spiro atoms. The minimum absolute atomic E-state index is 0.000375. The zero-order valence-electron chi connectivity index (χ0n) is 18.0. The van der Waals surface area contributed by atoms with Crippen LogP contribution in [0.3, 0.4) is 0 Å². The molecule has 1 aromatic carbocycles. The van der Waals surface area contributed by atoms with Gasteiger partial charge in [0.2, 0.25) is 0 Å². The fourth-order valence-electron chi connectivity index (χ4n) is 4.68. The lowest BCUT2D eigenvalue weighted by Crippen LogP contribution is -2.67. The van der Waals surface area contributed by atoms with Crippen molar-refractivity contribution in [1.82, 2.24) is 19.9 Å². The van der Waals surface area contributed by atoms with E-state index in [1.807, 2.05) is 4.90 Å². The summed E-state index contributed by atoms with van der Waals surface area (Å²) in [5, 5.41) is 50.1. The summed E-state index contributed by atoms with van der Waals surface area (Å²) in [6.45, 7) is 1.07. The van der Waals surface area contributed by atoms with Crippen LogP contribution in [0.25, 0.3) is 11.3 Å². The number of hydrogen-bond donors (Lipinski definition) is 4. The predicted octanol–water partition coefficient (Wildman–Crippen LogP) is 0.632. The average molecular weight is 503 g/mol. The van der Waals surface area contributed by atoms with E-state index in [2.05, 4.69) is 10.3 Å². The highest BCUT2D eigenvalue weighted by Gasteiger charge is 2.55. The molecule has 2 aromatic rings. The summed E-state index contributed by atoms with van der Waals surface area (Å²) >= 11 is 1.24. The predicted molar refractivity (Wildman–Crippen MR) is 114 cm³/mol. The third-order valence-corrected chi connectivity index (χ3v) is 8.54. The molecule has 5 rings (SSSR count). The molecule has 1 saturated carbocycles. The fraction of sp³-hybridized carbons (Fsp3) is 0.619. The van der Waals surface area contributed by atoms with Crippen molar-refractivity contribution in [2.45, 2.75) is 60.0 Å². The monoisotopic (exact) mass is 502 g/mol. The maximum Gasteiger partial charge on any atom is 0.194 e. The van der Waals surface area contributed by atoms with Crippen LogP contribution in [-0.2, 0) is 4.74 Å². The largest absolute Gasteiger partial charge is 0.394 e. The van der Waals surface area contributed by atoms with Crippen LogP contribution in [0.1, 0.15) is 25.3 Å². The second-order valence-corrected chi connectivity index (χ2v) is 10.2. The average Bonchev–Trinajstić information content (AvgIpc) is 3.24. The lowest BCUT2D eigenvalue weighted by molar-refractivity contribution is -0.187. The Labute approximate surface area is 197 Å². The molecule has 34 heavy (non-hydrogen) atoms. The molecule has 0 amide bonds. The van der Waals surface area contributed by atoms with Gasteiger partial charge < -0.3 is 25.2 Å². The van der Waals surface area contributed by atoms with Crippen molar-refractivity contribution in [3.63, 3.8) is 0 Å². The lowest BCUT2D eigenvalue weighted by atomic mass is 9.84. The van der Waals surface area contributed by atoms with E-state index in [1.54, 1.807) is 0 Å². The molecule has 4 N–H and O–H groups in total. The molecule has 3 heterocycles. The Morgan fingerprint density at radius 1 is 1.15 bits per heavy atom. The van der Waals surface area contributed by atoms with Gasteiger partial charge in [-0.3, -0.25) is 4.90 Å². The number of ether oxygens (including phenoxy) is 1. The Morgan fingerprint density at radius 3 is 2.41 bits per heavy atom. The molecule has 0 bridgehead atoms. The molecule has 9 nitrogen and oxygen atoms in total. The first-order valence-electron chi connectivity index (χ1n) is 11.0. The van der Waals surface area contributed by atoms with Crippen molar-refractivity contribution < 1.29 is 38.3 Å². The zero-order valence-corrected chi connectivity index (χ0v) is 18.8. The highest BCUT2D eigenvalue weighted by molar-refractivity contribution is 8.00. The topological polar surface area (TPSA) is 124 Å². The third-order valence-electron chi connectivity index (χ3n) is 6.94. The molecule has 0 radical (unpaired) electrons. The van der Waals surface area contributed by atoms with E-state index in [0.717, 1.165) is 42.7 Å². The van der Waals surface area contributed by atoms with Gasteiger partial charge in [-0.05, 0) is 31.4 Å². The molecular weight excluding hydrogens is 477 g/mol. The number of likely N-dealkylation sites (tertiary alicyclic amines) is 1. The molecule has 3 aliphatic rings. The Balaban J connectivity index is 1.38. The Kier molecular flexibility index (Phi) is 6.38. The number of thioether (sulfide) groups is 1. The second-order valence-electron chi connectivity index (χ2n) is 8.92. The summed E-state index contributed by atoms with van der Waals surface area (Å²) < 4.78 is 47.5. The number of aliphatic hydroxyl groups is 4. The normalized spacial score (nSPS) is 36.2. The smallest absolute Gasteiger partial charge is 0.194 e. The van der Waals surface area contributed by atoms with Crippen LogP contribution in [0.4, 0.5) is 13.2 Å². The van der Waals surface area contributed by atoms with E-state index in [-0.39, 0.29) is 16.5 Å². The van der Waals surface area contributed by atoms with Crippen LogP contribution in [0.2, 0.25) is 0 Å². The molecule has 13 heteroatoms. The van der Waals surface area contributed by atoms with E-state index < -0.39 is 59.6 Å². The molecule has 2 saturated heterocycles. The number of aliphatic hydroxyl groups excluding tert-OH is 3. The number of rotatable bonds is 6. The Bertz CT molecular complexity index is 1040. The highest BCUT2D eigenvalue weighted by Crippen LogP contribution is 2.49. The molecule has 1 unspecified atom stereocenters. The second kappa shape index (κ2) is 9.04. The van der Waals surface area contributed by atoms with Gasteiger partial charge in [-0.25, -0.2) is 17.9 Å². The molecule has 2 aliphatic heterocycles. The van der Waals surface area contributed by atoms with Crippen molar-refractivity contribution in [3.8, 4) is 11.3 Å². The van der Waals surface area contributed by atoms with Gasteiger partial charge in [-0.1, -0.05) is 5.21 Å². The molecule has 3 fully saturated rings. The van der Waals surface area contributed by atoms with E-state index in [0.29, 0.717) is 6.42 Å². The van der Waals surface area contributed by atoms with Crippen LogP contribution in [0.15, 0.2) is 18.3 Å². The first-order chi connectivity index (χ1) is 16.2. The van der Waals surface area contributed by atoms with Crippen LogP contribution >= 0.6 is 11.8 Å². The summed E-state index contributed by atoms with van der Waals surface area (Å²) in [5.41, 5.74) is -1.95. The molecule has 7 atom stereocenters. The third kappa shape index (κ3) is 3.92. The SMILES string of the molecule is OC[C@H]1O[C@@H](SC2CC[C@@]2(O)N2CCC2)[C@H](O)[C@@H](n2cc(-c3cc(F)c(F)c(F)c3)nn2)[C@H]1O. The minimum atomic E-state index is -1.61. The lowest BCUT2D eigenvalue weighted by Gasteiger charge is -2.56. The maximum atomic E-state index is 13.6. The number of hydrogen-bond acceptors (Lipinski definition) is 9. The first kappa shape index (κ1) is 24.0. The summed E-state index contributed by atoms with van der Waals surface area (Å²) in [7, 11) is 0. The summed E-state index contributed by atoms with van der Waals surface area (Å²) in [6.07, 6.45) is -0.110. The van der Waals surface area contributed by atoms with Crippen LogP contribution in [0.5, 0.6) is 0 Å². The van der Waals surface area contributed by atoms with Crippen LogP contribution in [0, 0.1) is 17.5 Å². The summed E-state index contributed by atoms with van der Waals surface area (Å²) in [4.78, 5) is 1.99. The number of halogens is 3. The van der Waals surface area contributed by atoms with Crippen molar-refractivity contribution in [2.75, 3.05) is 19.7 Å². The van der Waals surface area contributed by atoms with Gasteiger partial charge in [-0.2, -0.15) is 0 Å². The van der Waals surface area contributed by atoms with Crippen molar-refractivity contribution >= 4 is 11.8 Å². The molecular formula is C21H25F3N4O5S. The van der Waals surface area contributed by atoms with Gasteiger partial charge in [0.05, 0.1) is 18.1 Å². The molecule has 1 aromatic heterocycles. The molecule has 186 valence electrons. The van der Waals surface area contributed by atoms with Crippen molar-refractivity contribution in [3.05, 3.63) is 35.8 Å². The maximum absolute atomic E-state index is 13.6. The van der Waals surface area contributed by atoms with Gasteiger partial charge in [-0.15, -0.1) is 16.9 Å². The summed E-state index contributed by atoms with van der Waals surface area (Å²) in [6, 6.07) is 0.440. The van der Waals surface area contributed by atoms with Crippen molar-refractivity contribution in [1.29, 1.82) is 0 Å². The quantitative estimate of drug-likeness (QED) is 0.421. The summed E-state index contributed by atoms with van der Waals surface area (Å²) in [5.74, 6) is -4.38. The van der Waals surface area contributed by atoms with Gasteiger partial charge in [0, 0.05) is 18.7 Å². The Hall–Kier alpha value is -1.74. The van der Waals surface area contributed by atoms with E-state index in [9.17, 15) is 33.6 Å². The van der Waals surface area contributed by atoms with E-state index in [4.69, 9.17) is 4.74 Å². The zero-order chi connectivity index (χ0) is 24.2. The number of nitrogens with zero attached hydrogens (tertiary/aromatic N) is 4. The van der Waals surface area contributed by atoms with Crippen LogP contribution < -0.4 is 0 Å². The van der Waals surface area contributed by atoms with Gasteiger partial charge in [0.15, 0.2) is 17.5 Å².